The van der Waals surface area contributed by atoms with Gasteiger partial charge >= 0.3 is 6.18 Å². The standard InChI is InChI=1S/C31H23F3N6O2/c1-19-17-39(18-36-19)25-13-20(12-21(14-25)31(32,33)34)29(41)37-23-6-4-7-24(15-23)38-40-28-10-3-2-9-26(28)27(30(40)42)16-22-8-5-11-35-22/h2-18,35,38H,1H3,(H,37,41). The van der Waals surface area contributed by atoms with Crippen molar-refractivity contribution in [3.63, 3.8) is 0 Å². The number of imidazole rings is 1. The van der Waals surface area contributed by atoms with Crippen LogP contribution in [-0.2, 0) is 11.0 Å². The summed E-state index contributed by atoms with van der Waals surface area (Å²) in [7, 11) is 0. The number of fused-ring (bicyclic) bond motifs is 1. The second kappa shape index (κ2) is 10.4. The van der Waals surface area contributed by atoms with Crippen molar-refractivity contribution >= 4 is 40.5 Å². The molecule has 8 nitrogen and oxygen atoms in total. The maximum absolute atomic E-state index is 13.7. The zero-order chi connectivity index (χ0) is 29.4. The monoisotopic (exact) mass is 568 g/mol. The molecule has 0 spiro atoms. The van der Waals surface area contributed by atoms with Crippen LogP contribution in [0.2, 0.25) is 0 Å². The van der Waals surface area contributed by atoms with Crippen LogP contribution in [0.3, 0.4) is 0 Å². The fraction of sp³-hybridized carbons (Fsp3) is 0.0645. The number of carbonyl (C=O) groups excluding carboxylic acids is 2. The van der Waals surface area contributed by atoms with Gasteiger partial charge in [0.2, 0.25) is 0 Å². The van der Waals surface area contributed by atoms with Gasteiger partial charge in [-0.15, -0.1) is 0 Å². The Morgan fingerprint density at radius 2 is 1.79 bits per heavy atom. The Morgan fingerprint density at radius 1 is 0.976 bits per heavy atom. The first-order valence-electron chi connectivity index (χ1n) is 12.9. The molecule has 42 heavy (non-hydrogen) atoms. The van der Waals surface area contributed by atoms with Gasteiger partial charge in [-0.2, -0.15) is 13.2 Å². The van der Waals surface area contributed by atoms with Crippen molar-refractivity contribution in [3.8, 4) is 5.69 Å². The molecule has 11 heteroatoms. The number of halogens is 3. The molecule has 210 valence electrons. The lowest BCUT2D eigenvalue weighted by Crippen LogP contribution is -2.32. The van der Waals surface area contributed by atoms with Gasteiger partial charge in [0.1, 0.15) is 0 Å². The molecule has 5 aromatic rings. The molecule has 3 heterocycles. The SMILES string of the molecule is Cc1cn(-c2cc(C(=O)Nc3cccc(NN4C(=O)C(=Cc5ccc[nH]5)c5ccccc54)c3)cc(C(F)(F)F)c2)cn1. The largest absolute Gasteiger partial charge is 0.416 e. The highest BCUT2D eigenvalue weighted by molar-refractivity contribution is 6.36. The number of amides is 2. The molecule has 0 fully saturated rings. The number of hydrogen-bond donors (Lipinski definition) is 3. The summed E-state index contributed by atoms with van der Waals surface area (Å²) in [4.78, 5) is 33.7. The Bertz CT molecular complexity index is 1840. The topological polar surface area (TPSA) is 95.0 Å². The maximum atomic E-state index is 13.7. The normalized spacial score (nSPS) is 13.9. The molecular formula is C31H23F3N6O2. The quantitative estimate of drug-likeness (QED) is 0.199. The van der Waals surface area contributed by atoms with Gasteiger partial charge in [-0.3, -0.25) is 15.0 Å². The lowest BCUT2D eigenvalue weighted by molar-refractivity contribution is -0.137. The van der Waals surface area contributed by atoms with Crippen molar-refractivity contribution in [2.24, 2.45) is 0 Å². The zero-order valence-electron chi connectivity index (χ0n) is 22.1. The van der Waals surface area contributed by atoms with Crippen LogP contribution in [0, 0.1) is 6.92 Å². The van der Waals surface area contributed by atoms with Gasteiger partial charge in [0.25, 0.3) is 11.8 Å². The highest BCUT2D eigenvalue weighted by Crippen LogP contribution is 2.38. The first kappa shape index (κ1) is 26.6. The van der Waals surface area contributed by atoms with Gasteiger partial charge in [-0.05, 0) is 67.6 Å². The van der Waals surface area contributed by atoms with E-state index in [1.54, 1.807) is 49.7 Å². The number of alkyl halides is 3. The van der Waals surface area contributed by atoms with E-state index in [4.69, 9.17) is 0 Å². The Labute approximate surface area is 238 Å². The van der Waals surface area contributed by atoms with E-state index in [1.807, 2.05) is 36.4 Å². The number of benzene rings is 3. The summed E-state index contributed by atoms with van der Waals surface area (Å²) in [5.41, 5.74) is 6.22. The third-order valence-electron chi connectivity index (χ3n) is 6.67. The van der Waals surface area contributed by atoms with Crippen LogP contribution < -0.4 is 15.8 Å². The summed E-state index contributed by atoms with van der Waals surface area (Å²) in [6.07, 6.45) is 1.85. The summed E-state index contributed by atoms with van der Waals surface area (Å²) in [6.45, 7) is 1.71. The Hall–Kier alpha value is -5.58. The number of hydrazine groups is 1. The van der Waals surface area contributed by atoms with Crippen molar-refractivity contribution in [3.05, 3.63) is 126 Å². The minimum atomic E-state index is -4.66. The van der Waals surface area contributed by atoms with Crippen LogP contribution in [0.25, 0.3) is 17.3 Å². The highest BCUT2D eigenvalue weighted by atomic mass is 19.4. The number of aromatic nitrogens is 3. The molecule has 0 aliphatic carbocycles. The number of nitrogens with zero attached hydrogens (tertiary/aromatic N) is 3. The third kappa shape index (κ3) is 5.27. The maximum Gasteiger partial charge on any atom is 0.416 e. The predicted octanol–water partition coefficient (Wildman–Crippen LogP) is 6.69. The second-order valence-electron chi connectivity index (χ2n) is 9.68. The lowest BCUT2D eigenvalue weighted by atomic mass is 10.1. The van der Waals surface area contributed by atoms with E-state index in [1.165, 1.54) is 22.0 Å². The van der Waals surface area contributed by atoms with E-state index in [0.717, 1.165) is 23.4 Å². The number of hydrogen-bond acceptors (Lipinski definition) is 4. The molecule has 3 aromatic carbocycles. The number of para-hydroxylation sites is 1. The summed E-state index contributed by atoms with van der Waals surface area (Å²) >= 11 is 0. The van der Waals surface area contributed by atoms with Crippen molar-refractivity contribution in [1.82, 2.24) is 14.5 Å². The van der Waals surface area contributed by atoms with Gasteiger partial charge in [-0.25, -0.2) is 9.99 Å². The Morgan fingerprint density at radius 3 is 2.52 bits per heavy atom. The molecule has 0 radical (unpaired) electrons. The number of aryl methyl sites for hydroxylation is 1. The smallest absolute Gasteiger partial charge is 0.362 e. The second-order valence-corrected chi connectivity index (χ2v) is 9.68. The molecule has 0 saturated heterocycles. The van der Waals surface area contributed by atoms with Crippen molar-refractivity contribution in [1.29, 1.82) is 0 Å². The molecule has 0 unspecified atom stereocenters. The van der Waals surface area contributed by atoms with Gasteiger partial charge < -0.3 is 14.9 Å². The number of H-pyrrole nitrogens is 1. The van der Waals surface area contributed by atoms with E-state index < -0.39 is 17.6 Å². The molecule has 0 saturated carbocycles. The van der Waals surface area contributed by atoms with Crippen LogP contribution in [0.15, 0.2) is 97.6 Å². The summed E-state index contributed by atoms with van der Waals surface area (Å²) in [5, 5.41) is 4.08. The average Bonchev–Trinajstić information content (AvgIpc) is 3.70. The van der Waals surface area contributed by atoms with Crippen molar-refractivity contribution < 1.29 is 22.8 Å². The van der Waals surface area contributed by atoms with Crippen LogP contribution in [0.5, 0.6) is 0 Å². The molecule has 1 aliphatic heterocycles. The molecule has 0 bridgehead atoms. The molecule has 0 atom stereocenters. The van der Waals surface area contributed by atoms with E-state index in [-0.39, 0.29) is 17.2 Å². The molecule has 1 aliphatic rings. The zero-order valence-corrected chi connectivity index (χ0v) is 22.1. The molecule has 6 rings (SSSR count). The number of nitrogens with one attached hydrogen (secondary N) is 3. The van der Waals surface area contributed by atoms with Crippen LogP contribution in [0.1, 0.15) is 32.9 Å². The average molecular weight is 569 g/mol. The Balaban J connectivity index is 1.26. The first-order valence-corrected chi connectivity index (χ1v) is 12.9. The summed E-state index contributed by atoms with van der Waals surface area (Å²) < 4.78 is 42.4. The Kier molecular flexibility index (Phi) is 6.62. The summed E-state index contributed by atoms with van der Waals surface area (Å²) in [6, 6.07) is 20.7. The van der Waals surface area contributed by atoms with Gasteiger partial charge in [0.05, 0.1) is 34.5 Å². The fourth-order valence-electron chi connectivity index (χ4n) is 4.70. The van der Waals surface area contributed by atoms with Crippen LogP contribution in [-0.4, -0.2) is 26.3 Å². The van der Waals surface area contributed by atoms with Crippen LogP contribution >= 0.6 is 0 Å². The number of anilines is 3. The predicted molar refractivity (Wildman–Crippen MR) is 154 cm³/mol. The van der Waals surface area contributed by atoms with E-state index >= 15 is 0 Å². The van der Waals surface area contributed by atoms with Crippen molar-refractivity contribution in [2.45, 2.75) is 13.1 Å². The minimum absolute atomic E-state index is 0.153. The van der Waals surface area contributed by atoms with E-state index in [9.17, 15) is 22.8 Å². The lowest BCUT2D eigenvalue weighted by Gasteiger charge is -2.20. The first-order chi connectivity index (χ1) is 20.2. The third-order valence-corrected chi connectivity index (χ3v) is 6.67. The molecule has 2 aromatic heterocycles. The fourth-order valence-corrected chi connectivity index (χ4v) is 4.70. The number of rotatable bonds is 6. The molecule has 2 amide bonds. The summed E-state index contributed by atoms with van der Waals surface area (Å²) in [5.74, 6) is -0.999. The van der Waals surface area contributed by atoms with Gasteiger partial charge in [0.15, 0.2) is 0 Å². The van der Waals surface area contributed by atoms with Gasteiger partial charge in [0, 0.05) is 40.6 Å². The minimum Gasteiger partial charge on any atom is -0.362 e. The number of carbonyl (C=O) groups is 2. The molecule has 3 N–H and O–H groups in total. The van der Waals surface area contributed by atoms with Crippen LogP contribution in [0.4, 0.5) is 30.2 Å². The van der Waals surface area contributed by atoms with Gasteiger partial charge in [-0.1, -0.05) is 24.3 Å². The van der Waals surface area contributed by atoms with E-state index in [2.05, 4.69) is 20.7 Å². The number of aromatic amines is 1. The van der Waals surface area contributed by atoms with E-state index in [0.29, 0.717) is 28.3 Å². The van der Waals surface area contributed by atoms with Crippen molar-refractivity contribution in [2.75, 3.05) is 15.8 Å². The highest BCUT2D eigenvalue weighted by Gasteiger charge is 2.33. The molecular weight excluding hydrogens is 545 g/mol.